The van der Waals surface area contributed by atoms with E-state index in [4.69, 9.17) is 40.5 Å². The molecule has 1 aromatic heterocycles. The number of aromatic nitrogens is 1. The maximum Gasteiger partial charge on any atom is 0.0928 e. The number of nitrogen functional groups attached to an aromatic ring is 1. The number of hydrogen-bond donors (Lipinski definition) is 1. The van der Waals surface area contributed by atoms with Gasteiger partial charge in [-0.2, -0.15) is 0 Å². The fourth-order valence-corrected chi connectivity index (χ4v) is 2.41. The molecule has 2 nitrogen and oxygen atoms in total. The summed E-state index contributed by atoms with van der Waals surface area (Å²) >= 11 is 18.2. The van der Waals surface area contributed by atoms with Gasteiger partial charge in [-0.3, -0.25) is 4.98 Å². The highest BCUT2D eigenvalue weighted by molar-refractivity contribution is 6.48. The number of fused-ring (bicyclic) bond motifs is 1. The third-order valence-corrected chi connectivity index (χ3v) is 3.65. The normalized spacial score (nSPS) is 11.4. The molecule has 2 N–H and O–H groups in total. The highest BCUT2D eigenvalue weighted by Gasteiger charge is 2.14. The summed E-state index contributed by atoms with van der Waals surface area (Å²) in [6.45, 7) is 4.08. The lowest BCUT2D eigenvalue weighted by Gasteiger charge is -2.12. The number of hydrogen-bond acceptors (Lipinski definition) is 2. The van der Waals surface area contributed by atoms with Gasteiger partial charge in [-0.25, -0.2) is 0 Å². The molecule has 0 radical (unpaired) electrons. The van der Waals surface area contributed by atoms with E-state index in [0.717, 1.165) is 5.69 Å². The molecule has 2 rings (SSSR count). The van der Waals surface area contributed by atoms with E-state index < -0.39 is 0 Å². The number of benzene rings is 1. The first-order valence-electron chi connectivity index (χ1n) is 5.15. The molecule has 0 spiro atoms. The van der Waals surface area contributed by atoms with Crippen LogP contribution in [0.5, 0.6) is 0 Å². The minimum absolute atomic E-state index is 0.271. The second-order valence-electron chi connectivity index (χ2n) is 4.17. The Morgan fingerprint density at radius 1 is 1.12 bits per heavy atom. The Morgan fingerprint density at radius 3 is 2.35 bits per heavy atom. The quantitative estimate of drug-likeness (QED) is 0.758. The van der Waals surface area contributed by atoms with Crippen molar-refractivity contribution < 1.29 is 0 Å². The highest BCUT2D eigenvalue weighted by atomic mass is 35.5. The Balaban J connectivity index is 2.90. The summed E-state index contributed by atoms with van der Waals surface area (Å²) in [4.78, 5) is 4.48. The van der Waals surface area contributed by atoms with Gasteiger partial charge in [0.2, 0.25) is 0 Å². The van der Waals surface area contributed by atoms with Crippen molar-refractivity contribution in [2.75, 3.05) is 5.73 Å². The molecule has 90 valence electrons. The third-order valence-electron chi connectivity index (χ3n) is 2.57. The fourth-order valence-electron chi connectivity index (χ4n) is 1.65. The van der Waals surface area contributed by atoms with Crippen molar-refractivity contribution >= 4 is 51.4 Å². The summed E-state index contributed by atoms with van der Waals surface area (Å²) < 4.78 is 0. The summed E-state index contributed by atoms with van der Waals surface area (Å²) in [5.74, 6) is 0.271. The number of halogens is 3. The Hall–Kier alpha value is -0.700. The van der Waals surface area contributed by atoms with Gasteiger partial charge < -0.3 is 5.73 Å². The van der Waals surface area contributed by atoms with Gasteiger partial charge in [-0.1, -0.05) is 48.7 Å². The smallest absolute Gasteiger partial charge is 0.0928 e. The molecule has 5 heteroatoms. The van der Waals surface area contributed by atoms with Crippen LogP contribution >= 0.6 is 34.8 Å². The summed E-state index contributed by atoms with van der Waals surface area (Å²) in [7, 11) is 0. The molecule has 0 aliphatic heterocycles. The van der Waals surface area contributed by atoms with Crippen LogP contribution in [0.2, 0.25) is 15.1 Å². The van der Waals surface area contributed by atoms with Gasteiger partial charge in [0, 0.05) is 16.8 Å². The van der Waals surface area contributed by atoms with E-state index in [1.54, 1.807) is 6.07 Å². The van der Waals surface area contributed by atoms with Crippen molar-refractivity contribution in [1.82, 2.24) is 4.98 Å². The third kappa shape index (κ3) is 2.17. The van der Waals surface area contributed by atoms with Gasteiger partial charge in [0.05, 0.1) is 20.6 Å². The molecule has 17 heavy (non-hydrogen) atoms. The first-order chi connectivity index (χ1) is 7.91. The number of pyridine rings is 1. The Kier molecular flexibility index (Phi) is 3.39. The maximum atomic E-state index is 6.12. The van der Waals surface area contributed by atoms with Gasteiger partial charge in [0.15, 0.2) is 0 Å². The molecule has 1 aromatic carbocycles. The van der Waals surface area contributed by atoms with Gasteiger partial charge in [0.1, 0.15) is 0 Å². The molecule has 0 unspecified atom stereocenters. The van der Waals surface area contributed by atoms with E-state index in [1.807, 2.05) is 19.9 Å². The Morgan fingerprint density at radius 2 is 1.76 bits per heavy atom. The maximum absolute atomic E-state index is 6.12. The first-order valence-corrected chi connectivity index (χ1v) is 6.28. The second kappa shape index (κ2) is 4.52. The average Bonchev–Trinajstić information content (AvgIpc) is 2.25. The lowest BCUT2D eigenvalue weighted by atomic mass is 10.1. The van der Waals surface area contributed by atoms with Crippen LogP contribution in [0.1, 0.15) is 25.5 Å². The molecule has 0 aliphatic carbocycles. The summed E-state index contributed by atoms with van der Waals surface area (Å²) in [6.07, 6.45) is 0. The van der Waals surface area contributed by atoms with Crippen molar-refractivity contribution in [3.05, 3.63) is 32.9 Å². The second-order valence-corrected chi connectivity index (χ2v) is 5.36. The monoisotopic (exact) mass is 288 g/mol. The predicted octanol–water partition coefficient (Wildman–Crippen LogP) is 4.90. The predicted molar refractivity (Wildman–Crippen MR) is 75.3 cm³/mol. The van der Waals surface area contributed by atoms with Crippen LogP contribution in [-0.4, -0.2) is 4.98 Å². The van der Waals surface area contributed by atoms with Gasteiger partial charge in [-0.05, 0) is 18.1 Å². The molecular formula is C12H11Cl3N2. The van der Waals surface area contributed by atoms with Crippen LogP contribution in [0.4, 0.5) is 5.69 Å². The molecule has 0 amide bonds. The molecule has 0 bridgehead atoms. The van der Waals surface area contributed by atoms with Crippen molar-refractivity contribution in [1.29, 1.82) is 0 Å². The molecule has 0 atom stereocenters. The van der Waals surface area contributed by atoms with E-state index >= 15 is 0 Å². The van der Waals surface area contributed by atoms with Crippen LogP contribution in [0.15, 0.2) is 12.1 Å². The van der Waals surface area contributed by atoms with Crippen molar-refractivity contribution in [2.45, 2.75) is 19.8 Å². The van der Waals surface area contributed by atoms with E-state index in [0.29, 0.717) is 31.7 Å². The summed E-state index contributed by atoms with van der Waals surface area (Å²) in [5, 5.41) is 1.86. The molecular weight excluding hydrogens is 279 g/mol. The molecule has 0 saturated carbocycles. The van der Waals surface area contributed by atoms with Gasteiger partial charge >= 0.3 is 0 Å². The molecule has 0 aliphatic rings. The number of rotatable bonds is 1. The van der Waals surface area contributed by atoms with Crippen LogP contribution in [-0.2, 0) is 0 Å². The summed E-state index contributed by atoms with van der Waals surface area (Å²) in [5.41, 5.74) is 8.03. The zero-order valence-electron chi connectivity index (χ0n) is 9.39. The van der Waals surface area contributed by atoms with Gasteiger partial charge in [-0.15, -0.1) is 0 Å². The van der Waals surface area contributed by atoms with Crippen molar-refractivity contribution in [3.8, 4) is 0 Å². The summed E-state index contributed by atoms with van der Waals surface area (Å²) in [6, 6.07) is 3.40. The number of nitrogens with two attached hydrogens (primary N) is 1. The lowest BCUT2D eigenvalue weighted by molar-refractivity contribution is 0.830. The van der Waals surface area contributed by atoms with Gasteiger partial charge in [0.25, 0.3) is 0 Å². The Bertz CT molecular complexity index is 594. The van der Waals surface area contributed by atoms with E-state index in [9.17, 15) is 0 Å². The molecule has 0 saturated heterocycles. The molecule has 0 fully saturated rings. The van der Waals surface area contributed by atoms with Crippen LogP contribution in [0.25, 0.3) is 10.9 Å². The minimum Gasteiger partial charge on any atom is -0.398 e. The topological polar surface area (TPSA) is 38.9 Å². The van der Waals surface area contributed by atoms with Crippen LogP contribution in [0.3, 0.4) is 0 Å². The molecule has 1 heterocycles. The van der Waals surface area contributed by atoms with Crippen molar-refractivity contribution in [2.24, 2.45) is 0 Å². The average molecular weight is 290 g/mol. The standard InChI is InChI=1S/C12H11Cl3N2/c1-5(2)9-4-8(16)10-11(15)6(13)3-7(14)12(10)17-9/h3-5H,1-2H3,(H2,16,17). The van der Waals surface area contributed by atoms with Crippen LogP contribution in [0, 0.1) is 0 Å². The SMILES string of the molecule is CC(C)c1cc(N)c2c(Cl)c(Cl)cc(Cl)c2n1. The van der Waals surface area contributed by atoms with Crippen LogP contribution < -0.4 is 5.73 Å². The molecule has 2 aromatic rings. The lowest BCUT2D eigenvalue weighted by Crippen LogP contribution is -1.98. The fraction of sp³-hybridized carbons (Fsp3) is 0.250. The highest BCUT2D eigenvalue weighted by Crippen LogP contribution is 2.38. The van der Waals surface area contributed by atoms with E-state index in [-0.39, 0.29) is 5.92 Å². The minimum atomic E-state index is 0.271. The van der Waals surface area contributed by atoms with E-state index in [2.05, 4.69) is 4.98 Å². The zero-order valence-corrected chi connectivity index (χ0v) is 11.7. The first kappa shape index (κ1) is 12.7. The number of nitrogens with zero attached hydrogens (tertiary/aromatic N) is 1. The number of anilines is 1. The Labute approximate surface area is 115 Å². The van der Waals surface area contributed by atoms with E-state index in [1.165, 1.54) is 0 Å². The van der Waals surface area contributed by atoms with Crippen molar-refractivity contribution in [3.63, 3.8) is 0 Å². The zero-order chi connectivity index (χ0) is 12.7. The largest absolute Gasteiger partial charge is 0.398 e.